The average Bonchev–Trinajstić information content (AvgIpc) is 3.08. The third-order valence-electron chi connectivity index (χ3n) is 3.64. The van der Waals surface area contributed by atoms with Gasteiger partial charge in [-0.05, 0) is 30.3 Å². The number of amides is 1. The molecule has 1 amide bonds. The Labute approximate surface area is 141 Å². The molecule has 3 rings (SSSR count). The molecule has 2 aromatic rings. The number of benzene rings is 1. The summed E-state index contributed by atoms with van der Waals surface area (Å²) in [4.78, 5) is 16.3. The van der Waals surface area contributed by atoms with E-state index in [1.165, 1.54) is 30.5 Å². The second-order valence-corrected chi connectivity index (χ2v) is 5.52. The number of aromatic nitrogens is 1. The molecule has 0 radical (unpaired) electrons. The van der Waals surface area contributed by atoms with Crippen molar-refractivity contribution in [2.24, 2.45) is 0 Å². The van der Waals surface area contributed by atoms with Crippen LogP contribution in [-0.2, 0) is 10.9 Å². The third kappa shape index (κ3) is 4.48. The maximum atomic E-state index is 12.5. The zero-order valence-corrected chi connectivity index (χ0v) is 13.0. The number of nitrogens with one attached hydrogen (secondary N) is 1. The highest BCUT2D eigenvalue weighted by Gasteiger charge is 2.30. The van der Waals surface area contributed by atoms with Crippen molar-refractivity contribution >= 4 is 11.6 Å². The van der Waals surface area contributed by atoms with Crippen molar-refractivity contribution in [3.05, 3.63) is 53.7 Å². The van der Waals surface area contributed by atoms with E-state index in [1.807, 2.05) is 0 Å². The molecule has 132 valence electrons. The Balaban J connectivity index is 1.66. The molecule has 0 unspecified atom stereocenters. The van der Waals surface area contributed by atoms with E-state index in [9.17, 15) is 18.0 Å². The molecule has 1 atom stereocenters. The number of halogens is 3. The van der Waals surface area contributed by atoms with Gasteiger partial charge in [0.15, 0.2) is 0 Å². The van der Waals surface area contributed by atoms with Crippen LogP contribution in [0.4, 0.5) is 18.9 Å². The number of hydrogen-bond donors (Lipinski definition) is 1. The van der Waals surface area contributed by atoms with Crippen LogP contribution in [0.15, 0.2) is 42.6 Å². The summed E-state index contributed by atoms with van der Waals surface area (Å²) >= 11 is 0. The third-order valence-corrected chi connectivity index (χ3v) is 3.64. The number of alkyl halides is 3. The minimum atomic E-state index is -4.41. The first-order valence-corrected chi connectivity index (χ1v) is 7.61. The molecular weight excluding hydrogens is 337 g/mol. The number of nitrogens with zero attached hydrogens (tertiary/aromatic N) is 1. The van der Waals surface area contributed by atoms with E-state index in [2.05, 4.69) is 10.3 Å². The number of anilines is 1. The van der Waals surface area contributed by atoms with Crippen LogP contribution in [0.2, 0.25) is 0 Å². The summed E-state index contributed by atoms with van der Waals surface area (Å²) < 4.78 is 48.5. The SMILES string of the molecule is O=C(Nc1ccc(C(F)(F)F)cc1)c1ccnc(O[C@H]2CCOC2)c1. The van der Waals surface area contributed by atoms with Gasteiger partial charge in [0, 0.05) is 29.9 Å². The van der Waals surface area contributed by atoms with Gasteiger partial charge in [-0.2, -0.15) is 13.2 Å². The van der Waals surface area contributed by atoms with E-state index < -0.39 is 17.6 Å². The largest absolute Gasteiger partial charge is 0.472 e. The van der Waals surface area contributed by atoms with Crippen molar-refractivity contribution in [1.82, 2.24) is 4.98 Å². The minimum Gasteiger partial charge on any atom is -0.472 e. The van der Waals surface area contributed by atoms with Crippen molar-refractivity contribution < 1.29 is 27.4 Å². The number of carbonyl (C=O) groups is 1. The Morgan fingerprint density at radius 2 is 2.00 bits per heavy atom. The van der Waals surface area contributed by atoms with Crippen molar-refractivity contribution in [3.63, 3.8) is 0 Å². The molecule has 1 aromatic carbocycles. The van der Waals surface area contributed by atoms with Crippen LogP contribution in [0.1, 0.15) is 22.3 Å². The average molecular weight is 352 g/mol. The molecule has 5 nitrogen and oxygen atoms in total. The lowest BCUT2D eigenvalue weighted by atomic mass is 10.2. The topological polar surface area (TPSA) is 60.5 Å². The summed E-state index contributed by atoms with van der Waals surface area (Å²) in [5, 5.41) is 2.54. The lowest BCUT2D eigenvalue weighted by molar-refractivity contribution is -0.137. The summed E-state index contributed by atoms with van der Waals surface area (Å²) in [7, 11) is 0. The van der Waals surface area contributed by atoms with Crippen molar-refractivity contribution in [2.45, 2.75) is 18.7 Å². The molecule has 8 heteroatoms. The predicted octanol–water partition coefficient (Wildman–Crippen LogP) is 3.52. The molecule has 0 spiro atoms. The molecule has 1 aliphatic heterocycles. The maximum absolute atomic E-state index is 12.5. The van der Waals surface area contributed by atoms with Crippen LogP contribution in [0.5, 0.6) is 5.88 Å². The monoisotopic (exact) mass is 352 g/mol. The second kappa shape index (κ2) is 7.10. The molecular formula is C17H15F3N2O3. The molecule has 25 heavy (non-hydrogen) atoms. The Kier molecular flexibility index (Phi) is 4.89. The molecule has 1 aliphatic rings. The quantitative estimate of drug-likeness (QED) is 0.915. The summed E-state index contributed by atoms with van der Waals surface area (Å²) in [5.74, 6) is -0.162. The first-order chi connectivity index (χ1) is 11.9. The summed E-state index contributed by atoms with van der Waals surface area (Å²) in [6.45, 7) is 1.10. The standard InChI is InChI=1S/C17H15F3N2O3/c18-17(19,20)12-1-3-13(4-2-12)22-16(23)11-5-7-21-15(9-11)25-14-6-8-24-10-14/h1-5,7,9,14H,6,8,10H2,(H,22,23)/t14-/m0/s1. The fourth-order valence-electron chi connectivity index (χ4n) is 2.34. The Hall–Kier alpha value is -2.61. The molecule has 1 saturated heterocycles. The molecule has 1 aromatic heterocycles. The predicted molar refractivity (Wildman–Crippen MR) is 83.5 cm³/mol. The summed E-state index contributed by atoms with van der Waals surface area (Å²) in [5.41, 5.74) is -0.214. The molecule has 0 saturated carbocycles. The zero-order chi connectivity index (χ0) is 17.9. The van der Waals surface area contributed by atoms with Gasteiger partial charge in [-0.3, -0.25) is 4.79 Å². The highest BCUT2D eigenvalue weighted by molar-refractivity contribution is 6.04. The molecule has 1 N–H and O–H groups in total. The number of hydrogen-bond acceptors (Lipinski definition) is 4. The van der Waals surface area contributed by atoms with Gasteiger partial charge in [-0.25, -0.2) is 4.98 Å². The number of rotatable bonds is 4. The first-order valence-electron chi connectivity index (χ1n) is 7.61. The van der Waals surface area contributed by atoms with Crippen LogP contribution >= 0.6 is 0 Å². The van der Waals surface area contributed by atoms with Gasteiger partial charge in [0.2, 0.25) is 5.88 Å². The smallest absolute Gasteiger partial charge is 0.416 e. The van der Waals surface area contributed by atoms with Gasteiger partial charge in [0.05, 0.1) is 18.8 Å². The van der Waals surface area contributed by atoms with Crippen LogP contribution in [-0.4, -0.2) is 30.2 Å². The minimum absolute atomic E-state index is 0.0966. The molecule has 2 heterocycles. The number of pyridine rings is 1. The van der Waals surface area contributed by atoms with Gasteiger partial charge >= 0.3 is 6.18 Å². The zero-order valence-electron chi connectivity index (χ0n) is 13.0. The highest BCUT2D eigenvalue weighted by atomic mass is 19.4. The van der Waals surface area contributed by atoms with E-state index in [0.717, 1.165) is 18.6 Å². The van der Waals surface area contributed by atoms with Crippen molar-refractivity contribution in [2.75, 3.05) is 18.5 Å². The molecule has 0 bridgehead atoms. The fraction of sp³-hybridized carbons (Fsp3) is 0.294. The van der Waals surface area contributed by atoms with E-state index >= 15 is 0 Å². The van der Waals surface area contributed by atoms with E-state index in [-0.39, 0.29) is 11.8 Å². The van der Waals surface area contributed by atoms with Crippen LogP contribution in [0.25, 0.3) is 0 Å². The number of carbonyl (C=O) groups excluding carboxylic acids is 1. The van der Waals surface area contributed by atoms with Gasteiger partial charge in [-0.15, -0.1) is 0 Å². The number of ether oxygens (including phenoxy) is 2. The lowest BCUT2D eigenvalue weighted by Gasteiger charge is -2.12. The Bertz CT molecular complexity index is 742. The van der Waals surface area contributed by atoms with Gasteiger partial charge in [0.1, 0.15) is 6.10 Å². The van der Waals surface area contributed by atoms with Gasteiger partial charge < -0.3 is 14.8 Å². The van der Waals surface area contributed by atoms with Gasteiger partial charge in [-0.1, -0.05) is 0 Å². The first kappa shape index (κ1) is 17.2. The Morgan fingerprint density at radius 3 is 2.64 bits per heavy atom. The van der Waals surface area contributed by atoms with Crippen LogP contribution in [0, 0.1) is 0 Å². The normalized spacial score (nSPS) is 17.3. The van der Waals surface area contributed by atoms with Crippen LogP contribution < -0.4 is 10.1 Å². The van der Waals surface area contributed by atoms with E-state index in [4.69, 9.17) is 9.47 Å². The van der Waals surface area contributed by atoms with E-state index in [1.54, 1.807) is 0 Å². The van der Waals surface area contributed by atoms with Gasteiger partial charge in [0.25, 0.3) is 5.91 Å². The van der Waals surface area contributed by atoms with Crippen LogP contribution in [0.3, 0.4) is 0 Å². The summed E-state index contributed by atoms with van der Waals surface area (Å²) in [6.07, 6.45) is -2.32. The summed E-state index contributed by atoms with van der Waals surface area (Å²) in [6, 6.07) is 7.22. The maximum Gasteiger partial charge on any atom is 0.416 e. The van der Waals surface area contributed by atoms with Crippen molar-refractivity contribution in [1.29, 1.82) is 0 Å². The molecule has 0 aliphatic carbocycles. The molecule has 1 fully saturated rings. The fourth-order valence-corrected chi connectivity index (χ4v) is 2.34. The second-order valence-electron chi connectivity index (χ2n) is 5.52. The lowest BCUT2D eigenvalue weighted by Crippen LogP contribution is -2.17. The van der Waals surface area contributed by atoms with Crippen molar-refractivity contribution in [3.8, 4) is 5.88 Å². The Morgan fingerprint density at radius 1 is 1.24 bits per heavy atom. The highest BCUT2D eigenvalue weighted by Crippen LogP contribution is 2.29. The van der Waals surface area contributed by atoms with E-state index in [0.29, 0.717) is 24.7 Å².